The van der Waals surface area contributed by atoms with Crippen molar-refractivity contribution in [3.8, 4) is 0 Å². The van der Waals surface area contributed by atoms with E-state index in [1.807, 2.05) is 0 Å². The van der Waals surface area contributed by atoms with Gasteiger partial charge in [-0.15, -0.1) is 0 Å². The summed E-state index contributed by atoms with van der Waals surface area (Å²) in [5.74, 6) is 1.72. The highest BCUT2D eigenvalue weighted by atomic mass is 15.2. The van der Waals surface area contributed by atoms with E-state index in [0.717, 1.165) is 17.9 Å². The Balaban J connectivity index is 1.76. The molecular formula is C16H32N2. The maximum atomic E-state index is 3.92. The van der Waals surface area contributed by atoms with Crippen molar-refractivity contribution < 1.29 is 0 Å². The van der Waals surface area contributed by atoms with E-state index in [2.05, 4.69) is 31.0 Å². The lowest BCUT2D eigenvalue weighted by molar-refractivity contribution is 0.162. The molecule has 0 aromatic rings. The highest BCUT2D eigenvalue weighted by Crippen LogP contribution is 2.29. The Hall–Kier alpha value is -0.0800. The fraction of sp³-hybridized carbons (Fsp3) is 1.00. The van der Waals surface area contributed by atoms with E-state index in [9.17, 15) is 0 Å². The van der Waals surface area contributed by atoms with E-state index < -0.39 is 0 Å². The van der Waals surface area contributed by atoms with E-state index in [0.29, 0.717) is 6.04 Å². The number of nitrogens with zero attached hydrogens (tertiary/aromatic N) is 1. The molecule has 1 saturated carbocycles. The van der Waals surface area contributed by atoms with Crippen LogP contribution in [0.5, 0.6) is 0 Å². The molecule has 2 nitrogen and oxygen atoms in total. The molecule has 2 heteroatoms. The standard InChI is InChI=1S/C16H32N2/c1-13-8-7-9-14(2)16(13)17-15(3)12-18-10-5-4-6-11-18/h13-17H,4-12H2,1-3H3. The predicted octanol–water partition coefficient (Wildman–Crippen LogP) is 3.28. The normalized spacial score (nSPS) is 36.5. The summed E-state index contributed by atoms with van der Waals surface area (Å²) in [5.41, 5.74) is 0. The Bertz CT molecular complexity index is 225. The quantitative estimate of drug-likeness (QED) is 0.826. The number of hydrogen-bond acceptors (Lipinski definition) is 2. The first-order chi connectivity index (χ1) is 8.66. The summed E-state index contributed by atoms with van der Waals surface area (Å²) in [4.78, 5) is 2.65. The van der Waals surface area contributed by atoms with Crippen LogP contribution in [-0.2, 0) is 0 Å². The van der Waals surface area contributed by atoms with Crippen molar-refractivity contribution in [2.45, 2.75) is 71.4 Å². The molecule has 0 aromatic heterocycles. The predicted molar refractivity (Wildman–Crippen MR) is 78.9 cm³/mol. The van der Waals surface area contributed by atoms with Gasteiger partial charge < -0.3 is 10.2 Å². The maximum absolute atomic E-state index is 3.92. The molecule has 1 saturated heterocycles. The molecule has 1 aliphatic carbocycles. The first kappa shape index (κ1) is 14.3. The highest BCUT2D eigenvalue weighted by molar-refractivity contribution is 4.86. The van der Waals surface area contributed by atoms with Crippen LogP contribution >= 0.6 is 0 Å². The fourth-order valence-corrected chi connectivity index (χ4v) is 3.92. The Labute approximate surface area is 114 Å². The summed E-state index contributed by atoms with van der Waals surface area (Å²) in [7, 11) is 0. The van der Waals surface area contributed by atoms with Gasteiger partial charge in [0.05, 0.1) is 0 Å². The van der Waals surface area contributed by atoms with Gasteiger partial charge in [-0.3, -0.25) is 0 Å². The monoisotopic (exact) mass is 252 g/mol. The molecule has 18 heavy (non-hydrogen) atoms. The molecule has 106 valence electrons. The van der Waals surface area contributed by atoms with E-state index >= 15 is 0 Å². The van der Waals surface area contributed by atoms with Crippen LogP contribution in [0.1, 0.15) is 59.3 Å². The summed E-state index contributed by atoms with van der Waals surface area (Å²) < 4.78 is 0. The van der Waals surface area contributed by atoms with Gasteiger partial charge in [0.2, 0.25) is 0 Å². The SMILES string of the molecule is CC(CN1CCCCC1)NC1C(C)CCCC1C. The van der Waals surface area contributed by atoms with Crippen LogP contribution in [-0.4, -0.2) is 36.6 Å². The minimum Gasteiger partial charge on any atom is -0.310 e. The van der Waals surface area contributed by atoms with Crippen molar-refractivity contribution in [3.63, 3.8) is 0 Å². The van der Waals surface area contributed by atoms with Gasteiger partial charge in [-0.25, -0.2) is 0 Å². The highest BCUT2D eigenvalue weighted by Gasteiger charge is 2.28. The third-order valence-corrected chi connectivity index (χ3v) is 5.00. The first-order valence-corrected chi connectivity index (χ1v) is 8.15. The number of likely N-dealkylation sites (tertiary alicyclic amines) is 1. The van der Waals surface area contributed by atoms with Gasteiger partial charge in [0.1, 0.15) is 0 Å². The summed E-state index contributed by atoms with van der Waals surface area (Å²) >= 11 is 0. The van der Waals surface area contributed by atoms with Crippen LogP contribution in [0.3, 0.4) is 0 Å². The van der Waals surface area contributed by atoms with Crippen molar-refractivity contribution in [1.82, 2.24) is 10.2 Å². The Morgan fingerprint density at radius 2 is 1.61 bits per heavy atom. The molecule has 0 spiro atoms. The molecule has 2 aliphatic rings. The van der Waals surface area contributed by atoms with E-state index in [-0.39, 0.29) is 0 Å². The Morgan fingerprint density at radius 3 is 2.22 bits per heavy atom. The van der Waals surface area contributed by atoms with E-state index in [1.165, 1.54) is 58.2 Å². The van der Waals surface area contributed by atoms with Crippen molar-refractivity contribution in [1.29, 1.82) is 0 Å². The lowest BCUT2D eigenvalue weighted by atomic mass is 9.78. The second-order valence-electron chi connectivity index (χ2n) is 6.84. The fourth-order valence-electron chi connectivity index (χ4n) is 3.92. The van der Waals surface area contributed by atoms with Gasteiger partial charge in [-0.1, -0.05) is 26.7 Å². The molecule has 3 unspecified atom stereocenters. The summed E-state index contributed by atoms with van der Waals surface area (Å²) in [5, 5.41) is 3.92. The zero-order chi connectivity index (χ0) is 13.0. The van der Waals surface area contributed by atoms with E-state index in [4.69, 9.17) is 0 Å². The number of nitrogens with one attached hydrogen (secondary N) is 1. The molecule has 1 N–H and O–H groups in total. The average Bonchev–Trinajstić information content (AvgIpc) is 2.35. The minimum atomic E-state index is 0.649. The molecule has 1 aliphatic heterocycles. The maximum Gasteiger partial charge on any atom is 0.0169 e. The van der Waals surface area contributed by atoms with Crippen LogP contribution in [0.15, 0.2) is 0 Å². The summed E-state index contributed by atoms with van der Waals surface area (Å²) in [6, 6.07) is 1.40. The molecular weight excluding hydrogens is 220 g/mol. The molecule has 1 heterocycles. The van der Waals surface area contributed by atoms with Crippen molar-refractivity contribution >= 4 is 0 Å². The Kier molecular flexibility index (Phi) is 5.50. The number of piperidine rings is 1. The van der Waals surface area contributed by atoms with Gasteiger partial charge in [-0.2, -0.15) is 0 Å². The van der Waals surface area contributed by atoms with E-state index in [1.54, 1.807) is 0 Å². The molecule has 2 rings (SSSR count). The van der Waals surface area contributed by atoms with Crippen LogP contribution in [0, 0.1) is 11.8 Å². The lowest BCUT2D eigenvalue weighted by Gasteiger charge is -2.38. The topological polar surface area (TPSA) is 15.3 Å². The third-order valence-electron chi connectivity index (χ3n) is 5.00. The Morgan fingerprint density at radius 1 is 1.00 bits per heavy atom. The van der Waals surface area contributed by atoms with Crippen LogP contribution in [0.4, 0.5) is 0 Å². The van der Waals surface area contributed by atoms with Gasteiger partial charge in [0.15, 0.2) is 0 Å². The zero-order valence-corrected chi connectivity index (χ0v) is 12.6. The zero-order valence-electron chi connectivity index (χ0n) is 12.6. The van der Waals surface area contributed by atoms with Crippen molar-refractivity contribution in [2.24, 2.45) is 11.8 Å². The number of rotatable bonds is 4. The smallest absolute Gasteiger partial charge is 0.0169 e. The molecule has 0 aromatic carbocycles. The molecule has 0 radical (unpaired) electrons. The van der Waals surface area contributed by atoms with Crippen molar-refractivity contribution in [3.05, 3.63) is 0 Å². The minimum absolute atomic E-state index is 0.649. The molecule has 3 atom stereocenters. The second-order valence-corrected chi connectivity index (χ2v) is 6.84. The largest absolute Gasteiger partial charge is 0.310 e. The summed E-state index contributed by atoms with van der Waals surface area (Å²) in [6.07, 6.45) is 8.51. The van der Waals surface area contributed by atoms with Crippen LogP contribution in [0.25, 0.3) is 0 Å². The molecule has 2 fully saturated rings. The summed E-state index contributed by atoms with van der Waals surface area (Å²) in [6.45, 7) is 11.1. The third kappa shape index (κ3) is 3.96. The van der Waals surface area contributed by atoms with Gasteiger partial charge in [0.25, 0.3) is 0 Å². The van der Waals surface area contributed by atoms with Crippen molar-refractivity contribution in [2.75, 3.05) is 19.6 Å². The van der Waals surface area contributed by atoms with Crippen LogP contribution < -0.4 is 5.32 Å². The molecule has 0 amide bonds. The van der Waals surface area contributed by atoms with Gasteiger partial charge in [0, 0.05) is 18.6 Å². The van der Waals surface area contributed by atoms with Gasteiger partial charge in [-0.05, 0) is 57.5 Å². The van der Waals surface area contributed by atoms with Gasteiger partial charge >= 0.3 is 0 Å². The second kappa shape index (κ2) is 6.91. The number of hydrogen-bond donors (Lipinski definition) is 1. The average molecular weight is 252 g/mol. The molecule has 0 bridgehead atoms. The van der Waals surface area contributed by atoms with Crippen LogP contribution in [0.2, 0.25) is 0 Å². The lowest BCUT2D eigenvalue weighted by Crippen LogP contribution is -2.50. The first-order valence-electron chi connectivity index (χ1n) is 8.15.